The zero-order valence-electron chi connectivity index (χ0n) is 17.6. The Morgan fingerprint density at radius 1 is 1.03 bits per heavy atom. The third-order valence-electron chi connectivity index (χ3n) is 4.78. The third-order valence-corrected chi connectivity index (χ3v) is 4.78. The van der Waals surface area contributed by atoms with Crippen LogP contribution in [0.1, 0.15) is 30.5 Å². The number of amides is 1. The van der Waals surface area contributed by atoms with E-state index in [0.717, 1.165) is 29.5 Å². The number of rotatable bonds is 8. The molecule has 0 radical (unpaired) electrons. The molecule has 0 saturated heterocycles. The molecule has 0 atom stereocenters. The Bertz CT molecular complexity index is 1060. The van der Waals surface area contributed by atoms with Crippen molar-refractivity contribution in [2.75, 3.05) is 19.5 Å². The van der Waals surface area contributed by atoms with Gasteiger partial charge in [0.1, 0.15) is 0 Å². The summed E-state index contributed by atoms with van der Waals surface area (Å²) in [6.07, 6.45) is 4.83. The van der Waals surface area contributed by atoms with Crippen molar-refractivity contribution in [1.82, 2.24) is 10.3 Å². The predicted octanol–water partition coefficient (Wildman–Crippen LogP) is 4.53. The summed E-state index contributed by atoms with van der Waals surface area (Å²) >= 11 is 0. The number of nitrogens with zero attached hydrogens (tertiary/aromatic N) is 2. The normalized spacial score (nSPS) is 10.9. The smallest absolute Gasteiger partial charge is 0.249 e. The van der Waals surface area contributed by atoms with E-state index in [1.807, 2.05) is 6.07 Å². The van der Waals surface area contributed by atoms with E-state index in [0.29, 0.717) is 23.0 Å². The molecule has 2 aromatic carbocycles. The molecule has 0 aliphatic rings. The van der Waals surface area contributed by atoms with E-state index in [1.165, 1.54) is 11.6 Å². The molecular formula is C23H25N3O4. The summed E-state index contributed by atoms with van der Waals surface area (Å²) in [4.78, 5) is 12.5. The van der Waals surface area contributed by atoms with Crippen molar-refractivity contribution < 1.29 is 18.9 Å². The van der Waals surface area contributed by atoms with Crippen LogP contribution in [-0.4, -0.2) is 30.4 Å². The van der Waals surface area contributed by atoms with Crippen molar-refractivity contribution in [2.24, 2.45) is 0 Å². The second-order valence-corrected chi connectivity index (χ2v) is 6.60. The lowest BCUT2D eigenvalue weighted by molar-refractivity contribution is -0.111. The number of anilines is 1. The van der Waals surface area contributed by atoms with Gasteiger partial charge < -0.3 is 14.8 Å². The highest BCUT2D eigenvalue weighted by atomic mass is 16.6. The number of ether oxygens (including phenoxy) is 2. The van der Waals surface area contributed by atoms with E-state index >= 15 is 0 Å². The van der Waals surface area contributed by atoms with Crippen LogP contribution in [0, 0.1) is 0 Å². The predicted molar refractivity (Wildman–Crippen MR) is 116 cm³/mol. The highest BCUT2D eigenvalue weighted by molar-refractivity contribution is 6.03. The molecule has 0 spiro atoms. The van der Waals surface area contributed by atoms with E-state index in [4.69, 9.17) is 14.1 Å². The Morgan fingerprint density at radius 2 is 1.83 bits per heavy atom. The zero-order valence-corrected chi connectivity index (χ0v) is 17.6. The van der Waals surface area contributed by atoms with Crippen molar-refractivity contribution in [3.8, 4) is 22.8 Å². The topological polar surface area (TPSA) is 86.5 Å². The number of hydrogen-bond acceptors (Lipinski definition) is 6. The van der Waals surface area contributed by atoms with Crippen molar-refractivity contribution in [1.29, 1.82) is 0 Å². The number of carbonyl (C=O) groups is 1. The van der Waals surface area contributed by atoms with Crippen molar-refractivity contribution >= 4 is 17.8 Å². The summed E-state index contributed by atoms with van der Waals surface area (Å²) in [6, 6.07) is 11.6. The number of benzene rings is 2. The molecule has 1 N–H and O–H groups in total. The fourth-order valence-electron chi connectivity index (χ4n) is 3.11. The number of carbonyl (C=O) groups excluding carboxylic acids is 1. The van der Waals surface area contributed by atoms with E-state index in [1.54, 1.807) is 32.4 Å². The van der Waals surface area contributed by atoms with Crippen molar-refractivity contribution in [3.05, 3.63) is 59.2 Å². The third kappa shape index (κ3) is 4.68. The maximum Gasteiger partial charge on any atom is 0.249 e. The van der Waals surface area contributed by atoms with Gasteiger partial charge in [0.2, 0.25) is 11.7 Å². The van der Waals surface area contributed by atoms with Crippen molar-refractivity contribution in [2.45, 2.75) is 26.7 Å². The molecule has 0 aliphatic carbocycles. The van der Waals surface area contributed by atoms with Crippen LogP contribution in [-0.2, 0) is 17.6 Å². The van der Waals surface area contributed by atoms with E-state index in [-0.39, 0.29) is 5.91 Å². The molecule has 7 heteroatoms. The summed E-state index contributed by atoms with van der Waals surface area (Å²) in [5.74, 6) is 1.16. The number of nitrogens with one attached hydrogen (secondary N) is 1. The van der Waals surface area contributed by atoms with Gasteiger partial charge in [-0.05, 0) is 64.1 Å². The Hall–Kier alpha value is -3.61. The molecule has 1 amide bonds. The molecule has 0 unspecified atom stereocenters. The molecule has 3 rings (SSSR count). The maximum absolute atomic E-state index is 12.5. The first kappa shape index (κ1) is 21.1. The lowest BCUT2D eigenvalue weighted by Crippen LogP contribution is -2.09. The van der Waals surface area contributed by atoms with Crippen LogP contribution in [0.2, 0.25) is 0 Å². The summed E-state index contributed by atoms with van der Waals surface area (Å²) in [5, 5.41) is 10.7. The van der Waals surface area contributed by atoms with Crippen LogP contribution in [0.5, 0.6) is 11.5 Å². The summed E-state index contributed by atoms with van der Waals surface area (Å²) < 4.78 is 15.4. The van der Waals surface area contributed by atoms with Crippen LogP contribution in [0.4, 0.5) is 5.82 Å². The minimum atomic E-state index is -0.341. The molecular weight excluding hydrogens is 382 g/mol. The van der Waals surface area contributed by atoms with Gasteiger partial charge in [-0.25, -0.2) is 4.63 Å². The van der Waals surface area contributed by atoms with Gasteiger partial charge >= 0.3 is 0 Å². The summed E-state index contributed by atoms with van der Waals surface area (Å²) in [5.41, 5.74) is 4.52. The van der Waals surface area contributed by atoms with Crippen LogP contribution < -0.4 is 14.8 Å². The fraction of sp³-hybridized carbons (Fsp3) is 0.261. The van der Waals surface area contributed by atoms with Gasteiger partial charge in [-0.15, -0.1) is 0 Å². The highest BCUT2D eigenvalue weighted by Crippen LogP contribution is 2.30. The average molecular weight is 407 g/mol. The first-order valence-corrected chi connectivity index (χ1v) is 9.75. The van der Waals surface area contributed by atoms with E-state index in [2.05, 4.69) is 47.7 Å². The molecule has 1 aromatic heterocycles. The Morgan fingerprint density at radius 3 is 2.53 bits per heavy atom. The van der Waals surface area contributed by atoms with Crippen molar-refractivity contribution in [3.63, 3.8) is 0 Å². The molecule has 30 heavy (non-hydrogen) atoms. The lowest BCUT2D eigenvalue weighted by atomic mass is 9.98. The van der Waals surface area contributed by atoms with Gasteiger partial charge in [0.25, 0.3) is 0 Å². The molecule has 0 fully saturated rings. The Labute approximate surface area is 175 Å². The average Bonchev–Trinajstić information content (AvgIpc) is 3.24. The quantitative estimate of drug-likeness (QED) is 0.552. The maximum atomic E-state index is 12.5. The van der Waals surface area contributed by atoms with Gasteiger partial charge in [-0.1, -0.05) is 32.0 Å². The van der Waals surface area contributed by atoms with Crippen LogP contribution in [0.25, 0.3) is 17.3 Å². The Balaban J connectivity index is 1.80. The van der Waals surface area contributed by atoms with E-state index in [9.17, 15) is 4.79 Å². The second kappa shape index (κ2) is 9.73. The monoisotopic (exact) mass is 407 g/mol. The highest BCUT2D eigenvalue weighted by Gasteiger charge is 2.17. The van der Waals surface area contributed by atoms with Gasteiger partial charge in [-0.3, -0.25) is 4.79 Å². The van der Waals surface area contributed by atoms with Crippen LogP contribution in [0.15, 0.2) is 47.1 Å². The SMILES string of the molecule is CCc1ccc(CC)c(-c2nonc2NC(=O)/C=C/c2ccc(OC)c(OC)c2)c1. The summed E-state index contributed by atoms with van der Waals surface area (Å²) in [7, 11) is 3.14. The van der Waals surface area contributed by atoms with E-state index < -0.39 is 0 Å². The largest absolute Gasteiger partial charge is 0.493 e. The molecule has 156 valence electrons. The molecule has 1 heterocycles. The van der Waals surface area contributed by atoms with Crippen LogP contribution in [0.3, 0.4) is 0 Å². The molecule has 0 bridgehead atoms. The molecule has 0 saturated carbocycles. The van der Waals surface area contributed by atoms with Gasteiger partial charge in [0.05, 0.1) is 14.2 Å². The first-order valence-electron chi connectivity index (χ1n) is 9.75. The van der Waals surface area contributed by atoms with Gasteiger partial charge in [-0.2, -0.15) is 0 Å². The molecule has 0 aliphatic heterocycles. The number of hydrogen-bond donors (Lipinski definition) is 1. The first-order chi connectivity index (χ1) is 14.6. The molecule has 7 nitrogen and oxygen atoms in total. The minimum Gasteiger partial charge on any atom is -0.493 e. The number of methoxy groups -OCH3 is 2. The lowest BCUT2D eigenvalue weighted by Gasteiger charge is -2.08. The standard InChI is InChI=1S/C23H25N3O4/c1-5-15-7-10-17(6-2)18(13-15)22-23(26-30-25-22)24-21(27)12-9-16-8-11-19(28-3)20(14-16)29-4/h7-14H,5-6H2,1-4H3,(H,24,26,27)/b12-9+. The number of aryl methyl sites for hydroxylation is 2. The van der Waals surface area contributed by atoms with Crippen LogP contribution >= 0.6 is 0 Å². The minimum absolute atomic E-state index is 0.292. The Kier molecular flexibility index (Phi) is 6.85. The molecule has 3 aromatic rings. The summed E-state index contributed by atoms with van der Waals surface area (Å²) in [6.45, 7) is 4.16. The second-order valence-electron chi connectivity index (χ2n) is 6.60. The van der Waals surface area contributed by atoms with Gasteiger partial charge in [0, 0.05) is 11.6 Å². The van der Waals surface area contributed by atoms with Gasteiger partial charge in [0.15, 0.2) is 17.2 Å². The zero-order chi connectivity index (χ0) is 21.5. The fourth-order valence-corrected chi connectivity index (χ4v) is 3.11. The number of aromatic nitrogens is 2.